The first-order valence-corrected chi connectivity index (χ1v) is 6.19. The number of hydrogen-bond acceptors (Lipinski definition) is 4. The van der Waals surface area contributed by atoms with E-state index in [1.54, 1.807) is 24.3 Å². The molecule has 0 saturated heterocycles. The second-order valence-corrected chi connectivity index (χ2v) is 5.28. The molecule has 1 atom stereocenters. The minimum absolute atomic E-state index is 0. The predicted molar refractivity (Wildman–Crippen MR) is 62.4 cm³/mol. The van der Waals surface area contributed by atoms with Crippen LogP contribution in [0.4, 0.5) is 5.69 Å². The third-order valence-electron chi connectivity index (χ3n) is 2.15. The zero-order valence-corrected chi connectivity index (χ0v) is 12.6. The van der Waals surface area contributed by atoms with Gasteiger partial charge in [-0.3, -0.25) is 9.35 Å². The molecular formula is C10H14NNaO4S. The number of carbonyl (C=O) groups excluding carboxylic acids is 1. The normalized spacial score (nSPS) is 12.4. The van der Waals surface area contributed by atoms with Gasteiger partial charge in [-0.15, -0.1) is 0 Å². The summed E-state index contributed by atoms with van der Waals surface area (Å²) in [6.45, 7) is 1.52. The smallest absolute Gasteiger partial charge is 1.00 e. The number of hydrogen-bond donors (Lipinski definition) is 2. The monoisotopic (exact) mass is 267 g/mol. The standard InChI is InChI=1S/C10H13NO4S.Na.H/c1-8(16(13,14)15)6-11-10-4-2-9(7-12)3-5-10;;/h2-5,7-8,11H,6H2,1H3,(H,13,14,15);;/q;+1;-1. The molecule has 0 fully saturated rings. The maximum absolute atomic E-state index is 10.7. The van der Waals surface area contributed by atoms with E-state index in [2.05, 4.69) is 5.32 Å². The quantitative estimate of drug-likeness (QED) is 0.377. The van der Waals surface area contributed by atoms with Crippen LogP contribution in [0, 0.1) is 0 Å². The Morgan fingerprint density at radius 1 is 1.41 bits per heavy atom. The number of carbonyl (C=O) groups is 1. The summed E-state index contributed by atoms with van der Waals surface area (Å²) in [5, 5.41) is 1.97. The molecule has 0 bridgehead atoms. The van der Waals surface area contributed by atoms with Gasteiger partial charge in [-0.05, 0) is 31.2 Å². The van der Waals surface area contributed by atoms with Gasteiger partial charge >= 0.3 is 29.6 Å². The molecule has 0 heterocycles. The summed E-state index contributed by atoms with van der Waals surface area (Å²) in [6.07, 6.45) is 0.727. The SMILES string of the molecule is CC(CNc1ccc(C=O)cc1)S(=O)(=O)O.[H-].[Na+]. The van der Waals surface area contributed by atoms with Crippen molar-refractivity contribution < 1.29 is 48.7 Å². The summed E-state index contributed by atoms with van der Waals surface area (Å²) in [4.78, 5) is 10.4. The van der Waals surface area contributed by atoms with Gasteiger partial charge in [0.25, 0.3) is 10.1 Å². The first-order chi connectivity index (χ1) is 7.43. The van der Waals surface area contributed by atoms with Gasteiger partial charge in [-0.2, -0.15) is 8.42 Å². The largest absolute Gasteiger partial charge is 1.00 e. The molecular weight excluding hydrogens is 253 g/mol. The molecule has 1 rings (SSSR count). The average molecular weight is 267 g/mol. The van der Waals surface area contributed by atoms with Crippen LogP contribution in [-0.2, 0) is 10.1 Å². The van der Waals surface area contributed by atoms with E-state index in [1.165, 1.54) is 6.92 Å². The summed E-state index contributed by atoms with van der Waals surface area (Å²) in [5.41, 5.74) is 1.24. The Morgan fingerprint density at radius 3 is 2.35 bits per heavy atom. The van der Waals surface area contributed by atoms with Gasteiger partial charge < -0.3 is 6.74 Å². The van der Waals surface area contributed by atoms with Crippen LogP contribution >= 0.6 is 0 Å². The summed E-state index contributed by atoms with van der Waals surface area (Å²) >= 11 is 0. The fraction of sp³-hybridized carbons (Fsp3) is 0.300. The summed E-state index contributed by atoms with van der Waals surface area (Å²) in [7, 11) is -4.00. The number of rotatable bonds is 5. The van der Waals surface area contributed by atoms with Crippen molar-refractivity contribution in [3.05, 3.63) is 29.8 Å². The third-order valence-corrected chi connectivity index (χ3v) is 3.33. The van der Waals surface area contributed by atoms with Crippen molar-refractivity contribution in [1.82, 2.24) is 0 Å². The van der Waals surface area contributed by atoms with Crippen LogP contribution in [-0.4, -0.2) is 31.1 Å². The molecule has 0 spiro atoms. The van der Waals surface area contributed by atoms with E-state index in [1.807, 2.05) is 0 Å². The molecule has 2 N–H and O–H groups in total. The summed E-state index contributed by atoms with van der Waals surface area (Å²) in [5.74, 6) is 0. The summed E-state index contributed by atoms with van der Waals surface area (Å²) in [6, 6.07) is 6.57. The van der Waals surface area contributed by atoms with E-state index in [0.29, 0.717) is 11.3 Å². The van der Waals surface area contributed by atoms with E-state index in [-0.39, 0.29) is 37.5 Å². The van der Waals surface area contributed by atoms with Gasteiger partial charge in [0.15, 0.2) is 0 Å². The fourth-order valence-electron chi connectivity index (χ4n) is 1.05. The van der Waals surface area contributed by atoms with E-state index >= 15 is 0 Å². The maximum atomic E-state index is 10.7. The molecule has 0 aromatic heterocycles. The fourth-order valence-corrected chi connectivity index (χ4v) is 1.34. The molecule has 0 radical (unpaired) electrons. The average Bonchev–Trinajstić information content (AvgIpc) is 2.25. The van der Waals surface area contributed by atoms with Crippen LogP contribution in [0.3, 0.4) is 0 Å². The predicted octanol–water partition coefficient (Wildman–Crippen LogP) is -1.70. The van der Waals surface area contributed by atoms with Crippen molar-refractivity contribution in [2.75, 3.05) is 11.9 Å². The van der Waals surface area contributed by atoms with Crippen LogP contribution in [0.15, 0.2) is 24.3 Å². The van der Waals surface area contributed by atoms with Crippen molar-refractivity contribution in [1.29, 1.82) is 0 Å². The second kappa shape index (κ2) is 7.13. The van der Waals surface area contributed by atoms with Crippen molar-refractivity contribution in [2.45, 2.75) is 12.2 Å². The molecule has 5 nitrogen and oxygen atoms in total. The molecule has 0 aliphatic carbocycles. The topological polar surface area (TPSA) is 83.5 Å². The molecule has 7 heteroatoms. The van der Waals surface area contributed by atoms with Crippen molar-refractivity contribution >= 4 is 22.1 Å². The number of benzene rings is 1. The van der Waals surface area contributed by atoms with Crippen molar-refractivity contribution in [3.63, 3.8) is 0 Å². The van der Waals surface area contributed by atoms with E-state index in [4.69, 9.17) is 4.55 Å². The van der Waals surface area contributed by atoms with Crippen LogP contribution in [0.1, 0.15) is 18.7 Å². The molecule has 0 aliphatic rings. The van der Waals surface area contributed by atoms with Crippen LogP contribution in [0.25, 0.3) is 0 Å². The van der Waals surface area contributed by atoms with Gasteiger partial charge in [0, 0.05) is 17.8 Å². The number of anilines is 1. The Hall–Kier alpha value is -0.400. The van der Waals surface area contributed by atoms with Crippen molar-refractivity contribution in [3.8, 4) is 0 Å². The van der Waals surface area contributed by atoms with Gasteiger partial charge in [-0.25, -0.2) is 0 Å². The molecule has 17 heavy (non-hydrogen) atoms. The van der Waals surface area contributed by atoms with E-state index in [9.17, 15) is 13.2 Å². The Bertz CT molecular complexity index is 463. The molecule has 1 aromatic carbocycles. The second-order valence-electron chi connectivity index (χ2n) is 3.45. The summed E-state index contributed by atoms with van der Waals surface area (Å²) < 4.78 is 30.2. The van der Waals surface area contributed by atoms with E-state index < -0.39 is 15.4 Å². The zero-order valence-electron chi connectivity index (χ0n) is 10.8. The van der Waals surface area contributed by atoms with Gasteiger partial charge in [0.05, 0.1) is 0 Å². The Morgan fingerprint density at radius 2 is 1.94 bits per heavy atom. The number of nitrogens with one attached hydrogen (secondary N) is 1. The maximum Gasteiger partial charge on any atom is 1.00 e. The molecule has 1 aromatic rings. The Kier molecular flexibility index (Phi) is 6.96. The van der Waals surface area contributed by atoms with Crippen LogP contribution in [0.2, 0.25) is 0 Å². The Balaban J connectivity index is 0. The third kappa shape index (κ3) is 5.65. The molecule has 0 amide bonds. The molecule has 0 saturated carbocycles. The van der Waals surface area contributed by atoms with Crippen LogP contribution < -0.4 is 34.9 Å². The minimum Gasteiger partial charge on any atom is -1.00 e. The van der Waals surface area contributed by atoms with Gasteiger partial charge in [-0.1, -0.05) is 0 Å². The minimum atomic E-state index is -4.00. The first-order valence-electron chi connectivity index (χ1n) is 4.69. The number of aldehydes is 1. The van der Waals surface area contributed by atoms with Gasteiger partial charge in [0.1, 0.15) is 11.5 Å². The van der Waals surface area contributed by atoms with E-state index in [0.717, 1.165) is 6.29 Å². The molecule has 1 unspecified atom stereocenters. The van der Waals surface area contributed by atoms with Crippen molar-refractivity contribution in [2.24, 2.45) is 0 Å². The Labute approximate surface area is 124 Å². The molecule has 90 valence electrons. The zero-order chi connectivity index (χ0) is 12.2. The first kappa shape index (κ1) is 16.6. The van der Waals surface area contributed by atoms with Crippen LogP contribution in [0.5, 0.6) is 0 Å². The molecule has 0 aliphatic heterocycles. The van der Waals surface area contributed by atoms with Gasteiger partial charge in [0.2, 0.25) is 0 Å².